The molecule has 94 valence electrons. The van der Waals surface area contributed by atoms with Crippen molar-refractivity contribution in [1.82, 2.24) is 5.32 Å². The summed E-state index contributed by atoms with van der Waals surface area (Å²) in [6.45, 7) is 2.87. The van der Waals surface area contributed by atoms with E-state index in [1.54, 1.807) is 0 Å². The lowest BCUT2D eigenvalue weighted by molar-refractivity contribution is 0.361. The van der Waals surface area contributed by atoms with Gasteiger partial charge in [-0.2, -0.15) is 5.26 Å². The van der Waals surface area contributed by atoms with E-state index in [2.05, 4.69) is 18.2 Å². The molecule has 1 aromatic carbocycles. The van der Waals surface area contributed by atoms with E-state index in [-0.39, 0.29) is 6.61 Å². The lowest BCUT2D eigenvalue weighted by Crippen LogP contribution is -2.27. The number of hydrogen-bond donors (Lipinski definition) is 1. The van der Waals surface area contributed by atoms with Gasteiger partial charge in [0.1, 0.15) is 11.8 Å². The van der Waals surface area contributed by atoms with Crippen molar-refractivity contribution in [2.24, 2.45) is 0 Å². The van der Waals surface area contributed by atoms with Crippen molar-refractivity contribution in [2.45, 2.75) is 32.4 Å². The highest BCUT2D eigenvalue weighted by Gasteiger charge is 2.06. The van der Waals surface area contributed by atoms with Crippen LogP contribution in [0.4, 0.5) is 0 Å². The van der Waals surface area contributed by atoms with Gasteiger partial charge in [-0.3, -0.25) is 0 Å². The fourth-order valence-corrected chi connectivity index (χ4v) is 1.66. The first-order chi connectivity index (χ1) is 8.81. The number of para-hydroxylation sites is 1. The third-order valence-corrected chi connectivity index (χ3v) is 2.70. The van der Waals surface area contributed by atoms with E-state index in [9.17, 15) is 0 Å². The molecule has 0 saturated heterocycles. The molecule has 3 nitrogen and oxygen atoms in total. The quantitative estimate of drug-likeness (QED) is 0.747. The van der Waals surface area contributed by atoms with Crippen LogP contribution < -0.4 is 10.1 Å². The first-order valence-corrected chi connectivity index (χ1v) is 6.06. The maximum Gasteiger partial charge on any atom is 0.174 e. The number of nitriles is 1. The molecule has 1 unspecified atom stereocenters. The molecule has 0 heterocycles. The van der Waals surface area contributed by atoms with Crippen LogP contribution in [0.25, 0.3) is 0 Å². The van der Waals surface area contributed by atoms with E-state index in [1.165, 1.54) is 0 Å². The molecule has 0 bridgehead atoms. The van der Waals surface area contributed by atoms with Crippen LogP contribution in [0.5, 0.6) is 5.75 Å². The lowest BCUT2D eigenvalue weighted by Gasteiger charge is -2.15. The van der Waals surface area contributed by atoms with Crippen molar-refractivity contribution >= 4 is 0 Å². The SMILES string of the molecule is C#CCC(CC)NCc1ccccc1OCC#N. The minimum absolute atomic E-state index is 0.0680. The zero-order chi connectivity index (χ0) is 13.2. The molecule has 0 aliphatic rings. The molecular formula is C15H18N2O. The zero-order valence-corrected chi connectivity index (χ0v) is 10.6. The van der Waals surface area contributed by atoms with Crippen LogP contribution in [-0.2, 0) is 6.54 Å². The number of ether oxygens (including phenoxy) is 1. The Bertz CT molecular complexity index is 443. The second-order valence-corrected chi connectivity index (χ2v) is 3.95. The molecule has 1 N–H and O–H groups in total. The highest BCUT2D eigenvalue weighted by molar-refractivity contribution is 5.33. The maximum atomic E-state index is 8.53. The van der Waals surface area contributed by atoms with E-state index >= 15 is 0 Å². The monoisotopic (exact) mass is 242 g/mol. The number of nitrogens with one attached hydrogen (secondary N) is 1. The fraction of sp³-hybridized carbons (Fsp3) is 0.400. The Hall–Kier alpha value is -1.97. The van der Waals surface area contributed by atoms with Crippen LogP contribution in [-0.4, -0.2) is 12.6 Å². The summed E-state index contributed by atoms with van der Waals surface area (Å²) in [5.74, 6) is 3.42. The van der Waals surface area contributed by atoms with Gasteiger partial charge >= 0.3 is 0 Å². The van der Waals surface area contributed by atoms with E-state index < -0.39 is 0 Å². The van der Waals surface area contributed by atoms with Crippen LogP contribution in [0.2, 0.25) is 0 Å². The largest absolute Gasteiger partial charge is 0.478 e. The summed E-state index contributed by atoms with van der Waals surface area (Å²) in [6.07, 6.45) is 7.03. The molecule has 1 atom stereocenters. The van der Waals surface area contributed by atoms with Gasteiger partial charge in [0.2, 0.25) is 0 Å². The normalized spacial score (nSPS) is 11.3. The zero-order valence-electron chi connectivity index (χ0n) is 10.6. The van der Waals surface area contributed by atoms with Crippen molar-refractivity contribution < 1.29 is 4.74 Å². The number of rotatable bonds is 7. The predicted molar refractivity (Wildman–Crippen MR) is 71.9 cm³/mol. The Kier molecular flexibility index (Phi) is 6.40. The van der Waals surface area contributed by atoms with Gasteiger partial charge in [-0.1, -0.05) is 25.1 Å². The standard InChI is InChI=1S/C15H18N2O/c1-3-7-14(4-2)17-12-13-8-5-6-9-15(13)18-11-10-16/h1,5-6,8-9,14,17H,4,7,11-12H2,2H3. The number of terminal acetylenes is 1. The third-order valence-electron chi connectivity index (χ3n) is 2.70. The van der Waals surface area contributed by atoms with Gasteiger partial charge in [0.25, 0.3) is 0 Å². The smallest absolute Gasteiger partial charge is 0.174 e. The Morgan fingerprint density at radius 3 is 2.89 bits per heavy atom. The molecule has 18 heavy (non-hydrogen) atoms. The van der Waals surface area contributed by atoms with Crippen LogP contribution in [0.3, 0.4) is 0 Å². The van der Waals surface area contributed by atoms with Gasteiger partial charge < -0.3 is 10.1 Å². The number of nitrogens with zero attached hydrogens (tertiary/aromatic N) is 1. The summed E-state index contributed by atoms with van der Waals surface area (Å²) in [7, 11) is 0. The first-order valence-electron chi connectivity index (χ1n) is 6.06. The highest BCUT2D eigenvalue weighted by Crippen LogP contribution is 2.18. The Morgan fingerprint density at radius 2 is 2.22 bits per heavy atom. The third kappa shape index (κ3) is 4.49. The van der Waals surface area contributed by atoms with Gasteiger partial charge in [0, 0.05) is 24.6 Å². The predicted octanol–water partition coefficient (Wildman–Crippen LogP) is 2.48. The molecule has 0 saturated carbocycles. The van der Waals surface area contributed by atoms with Crippen molar-refractivity contribution in [3.8, 4) is 24.2 Å². The van der Waals surface area contributed by atoms with Crippen molar-refractivity contribution in [1.29, 1.82) is 5.26 Å². The van der Waals surface area contributed by atoms with E-state index in [0.717, 1.165) is 24.2 Å². The van der Waals surface area contributed by atoms with E-state index in [0.29, 0.717) is 12.6 Å². The van der Waals surface area contributed by atoms with Gasteiger partial charge in [0.05, 0.1) is 0 Å². The molecule has 1 aromatic rings. The molecule has 0 aliphatic carbocycles. The number of hydrogen-bond acceptors (Lipinski definition) is 3. The van der Waals surface area contributed by atoms with Gasteiger partial charge in [-0.05, 0) is 12.5 Å². The van der Waals surface area contributed by atoms with Gasteiger partial charge in [-0.15, -0.1) is 12.3 Å². The summed E-state index contributed by atoms with van der Waals surface area (Å²) in [4.78, 5) is 0. The molecule has 0 amide bonds. The van der Waals surface area contributed by atoms with Crippen molar-refractivity contribution in [3.63, 3.8) is 0 Å². The molecule has 0 aliphatic heterocycles. The summed E-state index contributed by atoms with van der Waals surface area (Å²) in [5, 5.41) is 11.9. The maximum absolute atomic E-state index is 8.53. The minimum atomic E-state index is 0.0680. The summed E-state index contributed by atoms with van der Waals surface area (Å²) < 4.78 is 5.37. The second-order valence-electron chi connectivity index (χ2n) is 3.95. The number of benzene rings is 1. The molecule has 1 rings (SSSR count). The van der Waals surface area contributed by atoms with Crippen molar-refractivity contribution in [3.05, 3.63) is 29.8 Å². The summed E-state index contributed by atoms with van der Waals surface area (Å²) >= 11 is 0. The molecule has 0 aromatic heterocycles. The van der Waals surface area contributed by atoms with Crippen LogP contribution >= 0.6 is 0 Å². The Morgan fingerprint density at radius 1 is 1.44 bits per heavy atom. The topological polar surface area (TPSA) is 45.0 Å². The molecule has 0 spiro atoms. The fourth-order valence-electron chi connectivity index (χ4n) is 1.66. The molecular weight excluding hydrogens is 224 g/mol. The van der Waals surface area contributed by atoms with Crippen molar-refractivity contribution in [2.75, 3.05) is 6.61 Å². The van der Waals surface area contributed by atoms with Crippen LogP contribution in [0.1, 0.15) is 25.3 Å². The van der Waals surface area contributed by atoms with Crippen LogP contribution in [0.15, 0.2) is 24.3 Å². The van der Waals surface area contributed by atoms with E-state index in [4.69, 9.17) is 16.4 Å². The van der Waals surface area contributed by atoms with Crippen LogP contribution in [0, 0.1) is 23.7 Å². The van der Waals surface area contributed by atoms with Gasteiger partial charge in [-0.25, -0.2) is 0 Å². The molecule has 0 radical (unpaired) electrons. The Balaban J connectivity index is 2.61. The summed E-state index contributed by atoms with van der Waals surface area (Å²) in [6, 6.07) is 10.0. The molecule has 3 heteroatoms. The molecule has 0 fully saturated rings. The Labute approximate surface area is 109 Å². The summed E-state index contributed by atoms with van der Waals surface area (Å²) in [5.41, 5.74) is 1.04. The average Bonchev–Trinajstić information content (AvgIpc) is 2.42. The lowest BCUT2D eigenvalue weighted by atomic mass is 10.1. The minimum Gasteiger partial charge on any atom is -0.478 e. The average molecular weight is 242 g/mol. The van der Waals surface area contributed by atoms with E-state index in [1.807, 2.05) is 30.3 Å². The van der Waals surface area contributed by atoms with Gasteiger partial charge in [0.15, 0.2) is 6.61 Å². The first kappa shape index (κ1) is 14.1. The second kappa shape index (κ2) is 8.17. The highest BCUT2D eigenvalue weighted by atomic mass is 16.5.